The van der Waals surface area contributed by atoms with E-state index in [0.717, 1.165) is 67.4 Å². The van der Waals surface area contributed by atoms with Crippen LogP contribution in [0.25, 0.3) is 0 Å². The molecule has 0 radical (unpaired) electrons. The van der Waals surface area contributed by atoms with Gasteiger partial charge in [-0.2, -0.15) is 0 Å². The first-order valence-corrected chi connectivity index (χ1v) is 15.1. The lowest BCUT2D eigenvalue weighted by molar-refractivity contribution is -0.108. The minimum atomic E-state index is 0.0720. The smallest absolute Gasteiger partial charge is 0.254 e. The Balaban J connectivity index is 1.17. The fourth-order valence-electron chi connectivity index (χ4n) is 7.61. The number of carbonyl (C=O) groups excluding carboxylic acids is 1. The lowest BCUT2D eigenvalue weighted by Gasteiger charge is -2.61. The summed E-state index contributed by atoms with van der Waals surface area (Å²) in [5.41, 5.74) is 4.61. The molecule has 4 fully saturated rings. The molecule has 2 aromatic carbocycles. The van der Waals surface area contributed by atoms with Crippen LogP contribution in [0, 0.1) is 23.2 Å². The van der Waals surface area contributed by atoms with E-state index in [2.05, 4.69) is 55.4 Å². The van der Waals surface area contributed by atoms with Gasteiger partial charge < -0.3 is 25.2 Å². The number of hydrogen-bond donors (Lipinski definition) is 2. The Morgan fingerprint density at radius 1 is 1.05 bits per heavy atom. The average Bonchev–Trinajstić information content (AvgIpc) is 2.96. The Morgan fingerprint density at radius 2 is 1.85 bits per heavy atom. The molecule has 5 aliphatic rings. The van der Waals surface area contributed by atoms with Crippen molar-refractivity contribution in [2.24, 2.45) is 28.2 Å². The van der Waals surface area contributed by atoms with Gasteiger partial charge in [0.05, 0.1) is 13.2 Å². The predicted octanol–water partition coefficient (Wildman–Crippen LogP) is 5.03. The van der Waals surface area contributed by atoms with Crippen molar-refractivity contribution >= 4 is 17.6 Å². The van der Waals surface area contributed by atoms with Crippen molar-refractivity contribution in [3.05, 3.63) is 59.2 Å². The highest BCUT2D eigenvalue weighted by Crippen LogP contribution is 2.61. The molecule has 2 N–H and O–H groups in total. The maximum atomic E-state index is 13.4. The molecule has 2 aliphatic heterocycles. The zero-order valence-electron chi connectivity index (χ0n) is 24.7. The third-order valence-corrected chi connectivity index (χ3v) is 10.4. The van der Waals surface area contributed by atoms with Gasteiger partial charge in [0.1, 0.15) is 5.75 Å². The largest absolute Gasteiger partial charge is 0.497 e. The first-order chi connectivity index (χ1) is 19.2. The molecule has 7 nitrogen and oxygen atoms in total. The molecule has 1 amide bonds. The van der Waals surface area contributed by atoms with E-state index in [9.17, 15) is 4.79 Å². The van der Waals surface area contributed by atoms with Crippen LogP contribution in [0.5, 0.6) is 5.75 Å². The molecule has 3 aliphatic carbocycles. The number of benzene rings is 2. The van der Waals surface area contributed by atoms with Gasteiger partial charge >= 0.3 is 0 Å². The normalized spacial score (nSPS) is 29.3. The summed E-state index contributed by atoms with van der Waals surface area (Å²) in [6.45, 7) is 13.7. The van der Waals surface area contributed by atoms with Gasteiger partial charge in [0, 0.05) is 50.0 Å². The fraction of sp³-hybridized carbons (Fsp3) is 0.576. The molecule has 40 heavy (non-hydrogen) atoms. The van der Waals surface area contributed by atoms with E-state index in [1.165, 1.54) is 24.0 Å². The van der Waals surface area contributed by atoms with Crippen molar-refractivity contribution in [3.63, 3.8) is 0 Å². The van der Waals surface area contributed by atoms with E-state index >= 15 is 0 Å². The molecule has 7 rings (SSSR count). The van der Waals surface area contributed by atoms with Crippen LogP contribution in [0.1, 0.15) is 62.0 Å². The van der Waals surface area contributed by atoms with Gasteiger partial charge in [-0.25, -0.2) is 4.99 Å². The highest BCUT2D eigenvalue weighted by molar-refractivity contribution is 5.97. The Hall–Kier alpha value is -3.06. The maximum Gasteiger partial charge on any atom is 0.254 e. The highest BCUT2D eigenvalue weighted by Gasteiger charge is 2.56. The van der Waals surface area contributed by atoms with E-state index < -0.39 is 0 Å². The number of hydrogen-bond acceptors (Lipinski definition) is 4. The van der Waals surface area contributed by atoms with Crippen LogP contribution in [0.4, 0.5) is 5.69 Å². The number of nitrogens with one attached hydrogen (secondary N) is 2. The summed E-state index contributed by atoms with van der Waals surface area (Å²) in [4.78, 5) is 23.1. The number of aliphatic imine (C=N–C) groups is 1. The standard InChI is InChI=1S/C33H45N5O2/c1-21-19-38(15-13-34-21)32(36-30-18-26-17-29(22(30)2)33(26,3)4)35-27-9-6-24(7-10-27)31(39)37-14-12-23-8-11-28(40-5)16-25(23)20-37/h6-11,16,21-22,26,29-30,34H,12-15,17-20H2,1-5H3,(H,35,36)/t21-,22+,26-,29-,30-/m0/s1. The van der Waals surface area contributed by atoms with Crippen molar-refractivity contribution in [3.8, 4) is 5.75 Å². The van der Waals surface area contributed by atoms with Gasteiger partial charge in [-0.05, 0) is 96.9 Å². The molecule has 2 heterocycles. The summed E-state index contributed by atoms with van der Waals surface area (Å²) in [6, 6.07) is 14.9. The van der Waals surface area contributed by atoms with Crippen LogP contribution in [0.15, 0.2) is 47.5 Å². The number of nitrogens with zero attached hydrogens (tertiary/aromatic N) is 3. The minimum absolute atomic E-state index is 0.0720. The molecular formula is C33H45N5O2. The molecule has 5 atom stereocenters. The first-order valence-electron chi connectivity index (χ1n) is 15.1. The lowest BCUT2D eigenvalue weighted by Crippen LogP contribution is -2.57. The second-order valence-corrected chi connectivity index (χ2v) is 13.1. The second-order valence-electron chi connectivity index (χ2n) is 13.1. The molecule has 1 saturated heterocycles. The van der Waals surface area contributed by atoms with Crippen LogP contribution >= 0.6 is 0 Å². The van der Waals surface area contributed by atoms with Crippen LogP contribution < -0.4 is 15.4 Å². The number of rotatable bonds is 4. The third kappa shape index (κ3) is 5.09. The number of fused-ring (bicyclic) bond motifs is 3. The van der Waals surface area contributed by atoms with Crippen molar-refractivity contribution in [2.75, 3.05) is 38.6 Å². The second kappa shape index (κ2) is 10.7. The summed E-state index contributed by atoms with van der Waals surface area (Å²) in [5.74, 6) is 4.01. The first kappa shape index (κ1) is 27.1. The Bertz CT molecular complexity index is 1270. The van der Waals surface area contributed by atoms with Crippen molar-refractivity contribution in [1.82, 2.24) is 15.1 Å². The van der Waals surface area contributed by atoms with E-state index in [1.807, 2.05) is 35.2 Å². The predicted molar refractivity (Wildman–Crippen MR) is 161 cm³/mol. The van der Waals surface area contributed by atoms with E-state index in [1.54, 1.807) is 7.11 Å². The van der Waals surface area contributed by atoms with Gasteiger partial charge in [-0.3, -0.25) is 4.79 Å². The number of anilines is 1. The van der Waals surface area contributed by atoms with Crippen LogP contribution in [-0.4, -0.2) is 67.0 Å². The third-order valence-electron chi connectivity index (χ3n) is 10.4. The van der Waals surface area contributed by atoms with Gasteiger partial charge in [-0.15, -0.1) is 0 Å². The van der Waals surface area contributed by atoms with Crippen molar-refractivity contribution in [2.45, 2.75) is 65.6 Å². The van der Waals surface area contributed by atoms with Gasteiger partial charge in [0.15, 0.2) is 5.96 Å². The maximum absolute atomic E-state index is 13.4. The number of ether oxygens (including phenoxy) is 1. The molecule has 7 heteroatoms. The van der Waals surface area contributed by atoms with Crippen LogP contribution in [0.3, 0.4) is 0 Å². The van der Waals surface area contributed by atoms with Gasteiger partial charge in [0.2, 0.25) is 0 Å². The summed E-state index contributed by atoms with van der Waals surface area (Å²) >= 11 is 0. The summed E-state index contributed by atoms with van der Waals surface area (Å²) in [7, 11) is 1.68. The molecule has 0 aromatic heterocycles. The highest BCUT2D eigenvalue weighted by atomic mass is 16.5. The molecule has 0 unspecified atom stereocenters. The lowest BCUT2D eigenvalue weighted by atomic mass is 9.45. The van der Waals surface area contributed by atoms with Gasteiger partial charge in [-0.1, -0.05) is 26.8 Å². The quantitative estimate of drug-likeness (QED) is 0.418. The monoisotopic (exact) mass is 543 g/mol. The number of piperazine rings is 1. The minimum Gasteiger partial charge on any atom is -0.497 e. The number of carbonyl (C=O) groups is 1. The molecule has 2 bridgehead atoms. The Kier molecular flexibility index (Phi) is 7.28. The zero-order chi connectivity index (χ0) is 28.0. The molecule has 3 saturated carbocycles. The van der Waals surface area contributed by atoms with Gasteiger partial charge in [0.25, 0.3) is 5.91 Å². The van der Waals surface area contributed by atoms with E-state index in [0.29, 0.717) is 30.0 Å². The van der Waals surface area contributed by atoms with Crippen LogP contribution in [-0.2, 0) is 13.0 Å². The molecule has 214 valence electrons. The Labute approximate surface area is 239 Å². The number of amides is 1. The zero-order valence-corrected chi connectivity index (χ0v) is 24.7. The topological polar surface area (TPSA) is 69.2 Å². The van der Waals surface area contributed by atoms with E-state index in [-0.39, 0.29) is 5.91 Å². The molecule has 2 aromatic rings. The molecular weight excluding hydrogens is 498 g/mol. The Morgan fingerprint density at radius 3 is 2.55 bits per heavy atom. The molecule has 0 spiro atoms. The summed E-state index contributed by atoms with van der Waals surface area (Å²) in [5, 5.41) is 7.23. The van der Waals surface area contributed by atoms with Crippen LogP contribution in [0.2, 0.25) is 0 Å². The number of methoxy groups -OCH3 is 1. The average molecular weight is 544 g/mol. The summed E-state index contributed by atoms with van der Waals surface area (Å²) < 4.78 is 5.40. The summed E-state index contributed by atoms with van der Waals surface area (Å²) in [6.07, 6.45) is 3.40. The van der Waals surface area contributed by atoms with Crippen molar-refractivity contribution < 1.29 is 9.53 Å². The fourth-order valence-corrected chi connectivity index (χ4v) is 7.61. The van der Waals surface area contributed by atoms with E-state index in [4.69, 9.17) is 9.73 Å². The number of guanidine groups is 1. The SMILES string of the molecule is COc1ccc2c(c1)CN(C(=O)c1ccc(NC(=N[C@H]3C[C@@H]4C[C@@H]([C@H]3C)C4(C)C)N3CCN[C@@H](C)C3)cc1)CC2. The van der Waals surface area contributed by atoms with Crippen molar-refractivity contribution in [1.29, 1.82) is 0 Å².